The third kappa shape index (κ3) is 6.66. The maximum absolute atomic E-state index is 12.6. The second-order valence-electron chi connectivity index (χ2n) is 7.31. The van der Waals surface area contributed by atoms with E-state index in [1.165, 1.54) is 18.9 Å². The van der Waals surface area contributed by atoms with Crippen LogP contribution in [0.3, 0.4) is 0 Å². The normalized spacial score (nSPS) is 15.4. The van der Waals surface area contributed by atoms with Crippen LogP contribution < -0.4 is 9.47 Å². The number of carbonyl (C=O) groups excluding carboxylic acids is 2. The molecular formula is C26H27NO7S. The predicted octanol–water partition coefficient (Wildman–Crippen LogP) is 5.14. The number of rotatable bonds is 9. The summed E-state index contributed by atoms with van der Waals surface area (Å²) < 4.78 is 20.9. The third-order valence-electron chi connectivity index (χ3n) is 4.77. The molecule has 0 bridgehead atoms. The standard InChI is InChI=1S/C26H27NO7S/c1-5-32-20-13-17(9-12-19(20)34-15-22(28)31-4)14-21-24(29)23(26(30)33-6-2)25(35-21)27-18-10-7-16(3)8-11-18/h7-14,29H,5-6,15H2,1-4H3/b21-14+,27-25?. The van der Waals surface area contributed by atoms with Gasteiger partial charge in [-0.2, -0.15) is 0 Å². The number of hydrogen-bond donors (Lipinski definition) is 1. The Kier molecular flexibility index (Phi) is 8.97. The number of aliphatic hydroxyl groups is 1. The van der Waals surface area contributed by atoms with Crippen molar-refractivity contribution in [3.05, 3.63) is 69.8 Å². The second-order valence-corrected chi connectivity index (χ2v) is 8.34. The van der Waals surface area contributed by atoms with Crippen molar-refractivity contribution in [3.8, 4) is 11.5 Å². The fourth-order valence-electron chi connectivity index (χ4n) is 3.08. The van der Waals surface area contributed by atoms with E-state index in [1.807, 2.05) is 38.1 Å². The maximum Gasteiger partial charge on any atom is 0.344 e. The Bertz CT molecular complexity index is 1180. The van der Waals surface area contributed by atoms with Gasteiger partial charge in [0.1, 0.15) is 16.4 Å². The van der Waals surface area contributed by atoms with Crippen molar-refractivity contribution >= 4 is 40.5 Å². The van der Waals surface area contributed by atoms with Crippen LogP contribution in [0.4, 0.5) is 5.69 Å². The molecule has 9 heteroatoms. The van der Waals surface area contributed by atoms with E-state index >= 15 is 0 Å². The summed E-state index contributed by atoms with van der Waals surface area (Å²) >= 11 is 1.17. The first-order chi connectivity index (χ1) is 16.9. The van der Waals surface area contributed by atoms with E-state index in [9.17, 15) is 14.7 Å². The van der Waals surface area contributed by atoms with Crippen molar-refractivity contribution in [2.24, 2.45) is 4.99 Å². The van der Waals surface area contributed by atoms with E-state index in [1.54, 1.807) is 31.2 Å². The highest BCUT2D eigenvalue weighted by Crippen LogP contribution is 2.41. The van der Waals surface area contributed by atoms with Gasteiger partial charge in [-0.1, -0.05) is 35.5 Å². The summed E-state index contributed by atoms with van der Waals surface area (Å²) in [4.78, 5) is 29.0. The van der Waals surface area contributed by atoms with Crippen LogP contribution in [0.15, 0.2) is 63.7 Å². The molecule has 1 aliphatic rings. The van der Waals surface area contributed by atoms with Crippen LogP contribution in [0.2, 0.25) is 0 Å². The topological polar surface area (TPSA) is 104 Å². The van der Waals surface area contributed by atoms with Gasteiger partial charge in [-0.15, -0.1) is 0 Å². The minimum atomic E-state index is -0.645. The SMILES string of the molecule is CCOC(=O)C1=C(O)/C(=C\c2ccc(OCC(=O)OC)c(OCC)c2)SC1=Nc1ccc(C)cc1. The van der Waals surface area contributed by atoms with Crippen LogP contribution in [0, 0.1) is 6.92 Å². The number of benzene rings is 2. The Morgan fingerprint density at radius 1 is 1.03 bits per heavy atom. The molecule has 1 aliphatic heterocycles. The number of carbonyl (C=O) groups is 2. The number of methoxy groups -OCH3 is 1. The Hall–Kier alpha value is -3.72. The summed E-state index contributed by atoms with van der Waals surface area (Å²) in [6.45, 7) is 5.80. The number of esters is 2. The van der Waals surface area contributed by atoms with Crippen LogP contribution in [0.25, 0.3) is 6.08 Å². The quantitative estimate of drug-likeness (QED) is 0.475. The molecule has 0 fully saturated rings. The van der Waals surface area contributed by atoms with E-state index in [-0.39, 0.29) is 24.5 Å². The number of aliphatic imine (C=N–C) groups is 1. The van der Waals surface area contributed by atoms with Crippen molar-refractivity contribution in [1.29, 1.82) is 0 Å². The molecule has 0 radical (unpaired) electrons. The van der Waals surface area contributed by atoms with Gasteiger partial charge >= 0.3 is 11.9 Å². The average Bonchev–Trinajstić information content (AvgIpc) is 3.14. The van der Waals surface area contributed by atoms with Crippen molar-refractivity contribution < 1.29 is 33.6 Å². The van der Waals surface area contributed by atoms with Gasteiger partial charge in [0, 0.05) is 0 Å². The van der Waals surface area contributed by atoms with Crippen LogP contribution in [0.1, 0.15) is 25.0 Å². The molecule has 1 heterocycles. The number of aliphatic hydroxyl groups excluding tert-OH is 1. The number of nitrogens with zero attached hydrogens (tertiary/aromatic N) is 1. The van der Waals surface area contributed by atoms with Crippen molar-refractivity contribution in [1.82, 2.24) is 0 Å². The van der Waals surface area contributed by atoms with Crippen LogP contribution in [0.5, 0.6) is 11.5 Å². The molecule has 2 aromatic rings. The lowest BCUT2D eigenvalue weighted by molar-refractivity contribution is -0.143. The summed E-state index contributed by atoms with van der Waals surface area (Å²) in [5.74, 6) is -0.553. The van der Waals surface area contributed by atoms with Gasteiger partial charge < -0.3 is 24.1 Å². The highest BCUT2D eigenvalue weighted by molar-refractivity contribution is 8.18. The molecule has 3 rings (SSSR count). The summed E-state index contributed by atoms with van der Waals surface area (Å²) in [7, 11) is 1.28. The first-order valence-corrected chi connectivity index (χ1v) is 11.8. The summed E-state index contributed by atoms with van der Waals surface area (Å²) in [6, 6.07) is 12.6. The second kappa shape index (κ2) is 12.1. The van der Waals surface area contributed by atoms with Gasteiger partial charge in [0.2, 0.25) is 0 Å². The molecule has 35 heavy (non-hydrogen) atoms. The van der Waals surface area contributed by atoms with Crippen LogP contribution in [-0.2, 0) is 19.1 Å². The lowest BCUT2D eigenvalue weighted by atomic mass is 10.1. The Morgan fingerprint density at radius 3 is 2.43 bits per heavy atom. The van der Waals surface area contributed by atoms with Gasteiger partial charge in [0.25, 0.3) is 0 Å². The van der Waals surface area contributed by atoms with E-state index < -0.39 is 11.9 Å². The lowest BCUT2D eigenvalue weighted by Gasteiger charge is -2.12. The molecule has 0 spiro atoms. The number of hydrogen-bond acceptors (Lipinski definition) is 9. The Morgan fingerprint density at radius 2 is 1.77 bits per heavy atom. The van der Waals surface area contributed by atoms with Gasteiger partial charge in [0.05, 0.1) is 30.9 Å². The van der Waals surface area contributed by atoms with Crippen molar-refractivity contribution in [2.45, 2.75) is 20.8 Å². The van der Waals surface area contributed by atoms with E-state index in [0.29, 0.717) is 39.3 Å². The highest BCUT2D eigenvalue weighted by atomic mass is 32.2. The minimum absolute atomic E-state index is 0.0201. The molecule has 0 saturated heterocycles. The largest absolute Gasteiger partial charge is 0.506 e. The fourth-order valence-corrected chi connectivity index (χ4v) is 4.11. The van der Waals surface area contributed by atoms with Crippen LogP contribution in [-0.4, -0.2) is 49.0 Å². The van der Waals surface area contributed by atoms with Gasteiger partial charge in [0.15, 0.2) is 18.1 Å². The highest BCUT2D eigenvalue weighted by Gasteiger charge is 2.33. The lowest BCUT2D eigenvalue weighted by Crippen LogP contribution is -2.13. The molecule has 0 atom stereocenters. The predicted molar refractivity (Wildman–Crippen MR) is 135 cm³/mol. The zero-order chi connectivity index (χ0) is 25.4. The molecule has 1 N–H and O–H groups in total. The monoisotopic (exact) mass is 497 g/mol. The van der Waals surface area contributed by atoms with Crippen LogP contribution >= 0.6 is 11.8 Å². The fraction of sp³-hybridized carbons (Fsp3) is 0.269. The van der Waals surface area contributed by atoms with Gasteiger partial charge in [-0.3, -0.25) is 0 Å². The molecular weight excluding hydrogens is 470 g/mol. The number of ether oxygens (including phenoxy) is 4. The summed E-state index contributed by atoms with van der Waals surface area (Å²) in [6.07, 6.45) is 1.71. The van der Waals surface area contributed by atoms with Crippen molar-refractivity contribution in [2.75, 3.05) is 26.9 Å². The molecule has 0 saturated carbocycles. The van der Waals surface area contributed by atoms with E-state index in [2.05, 4.69) is 9.73 Å². The van der Waals surface area contributed by atoms with Gasteiger partial charge in [-0.05, 0) is 56.7 Å². The maximum atomic E-state index is 12.6. The first-order valence-electron chi connectivity index (χ1n) is 11.0. The van der Waals surface area contributed by atoms with Crippen molar-refractivity contribution in [3.63, 3.8) is 0 Å². The molecule has 8 nitrogen and oxygen atoms in total. The zero-order valence-corrected chi connectivity index (χ0v) is 20.8. The average molecular weight is 498 g/mol. The number of aryl methyl sites for hydroxylation is 1. The van der Waals surface area contributed by atoms with E-state index in [4.69, 9.17) is 14.2 Å². The zero-order valence-electron chi connectivity index (χ0n) is 20.0. The summed E-state index contributed by atoms with van der Waals surface area (Å²) in [5.41, 5.74) is 2.45. The Balaban J connectivity index is 1.96. The Labute approximate surface area is 208 Å². The van der Waals surface area contributed by atoms with E-state index in [0.717, 1.165) is 5.56 Å². The molecule has 2 aromatic carbocycles. The smallest absolute Gasteiger partial charge is 0.344 e. The third-order valence-corrected chi connectivity index (χ3v) is 5.79. The number of thioether (sulfide) groups is 1. The minimum Gasteiger partial charge on any atom is -0.506 e. The van der Waals surface area contributed by atoms with Gasteiger partial charge in [-0.25, -0.2) is 14.6 Å². The summed E-state index contributed by atoms with van der Waals surface area (Å²) in [5, 5.41) is 11.2. The molecule has 0 aromatic heterocycles. The first kappa shape index (κ1) is 25.9. The molecule has 184 valence electrons. The molecule has 0 amide bonds. The molecule has 0 unspecified atom stereocenters. The molecule has 0 aliphatic carbocycles.